The molecule has 29 nitrogen and oxygen atoms in total. The highest BCUT2D eigenvalue weighted by molar-refractivity contribution is 6.07. The Balaban J connectivity index is 1.09. The number of amides is 13. The zero-order chi connectivity index (χ0) is 74.0. The summed E-state index contributed by atoms with van der Waals surface area (Å²) in [6.45, 7) is -0.215. The summed E-state index contributed by atoms with van der Waals surface area (Å²) in [5, 5.41) is 36.8. The van der Waals surface area contributed by atoms with Crippen LogP contribution in [0.1, 0.15) is 138 Å². The number of carbonyl (C=O) groups excluding carboxylic acids is 13. The molecule has 0 aromatic heterocycles. The fourth-order valence-electron chi connectivity index (χ4n) is 14.3. The third kappa shape index (κ3) is 19.3. The number of hydrogen-bond donors (Lipinski definition) is 13. The van der Waals surface area contributed by atoms with Crippen molar-refractivity contribution in [2.24, 2.45) is 17.2 Å². The monoisotopic (exact) mass is 1430 g/mol. The molecule has 10 atom stereocenters. The fraction of sp³-hybridized carbons (Fsp3) is 0.453. The van der Waals surface area contributed by atoms with Gasteiger partial charge in [-0.2, -0.15) is 0 Å². The van der Waals surface area contributed by atoms with E-state index >= 15 is 33.6 Å². The van der Waals surface area contributed by atoms with Crippen molar-refractivity contribution in [1.82, 2.24) is 62.6 Å². The number of phenolic OH excluding ortho intramolecular Hbond substituents is 1. The van der Waals surface area contributed by atoms with Crippen LogP contribution in [0, 0.1) is 0 Å². The standard InChI is InChI=1S/C75H93N15O14/c76-31-8-6-21-53(63(78)92)81-69(98)59-43-80-65(94)49-39-48-40-50(41-49)66(95)84-57(42-47-19-10-18-46-17-4-5-20-52(46)47)68(97)86-58(38-44-15-2-1-3-16-44)75(104)90-36-14-25-61(90)71(100)83-55(23-11-33-79-64(48)93)74(103)88-34-12-24-60(88)70(99)82-54(22-7-9-32-77)73(102)89-35-13-26-62(89)72(101)85-56(67(96)87-59)37-45-27-29-51(91)30-28-45/h1-5,10,15-20,27-30,39-41,53-62,91H,6-9,11-14,21-26,31-38,42-43,76-77H2,(H2,78,92)(H,79,93)(H,80,94)(H,81,98)(H,82,99)(H,83,100)(H,84,95)(H,85,101)(H,86,97)(H,87,96)/t53-,54+,55-,56-,57+,58+,59-,60+,61+,62+/m0/s1. The second kappa shape index (κ2) is 35.9. The molecular weight excluding hydrogens is 1330 g/mol. The predicted octanol–water partition coefficient (Wildman–Crippen LogP) is 0.264. The van der Waals surface area contributed by atoms with E-state index in [1.54, 1.807) is 42.5 Å². The van der Waals surface area contributed by atoms with Gasteiger partial charge in [-0.05, 0) is 161 Å². The van der Waals surface area contributed by atoms with Gasteiger partial charge in [0.05, 0.1) is 0 Å². The third-order valence-electron chi connectivity index (χ3n) is 19.9. The molecule has 0 saturated carbocycles. The maximum absolute atomic E-state index is 15.4. The Hall–Kier alpha value is -10.8. The zero-order valence-corrected chi connectivity index (χ0v) is 58.0. The van der Waals surface area contributed by atoms with Crippen LogP contribution in [0.25, 0.3) is 10.8 Å². The van der Waals surface area contributed by atoms with E-state index in [1.165, 1.54) is 45.0 Å². The topological polar surface area (TPSA) is 438 Å². The summed E-state index contributed by atoms with van der Waals surface area (Å²) in [7, 11) is 0. The van der Waals surface area contributed by atoms with E-state index < -0.39 is 144 Å². The van der Waals surface area contributed by atoms with Gasteiger partial charge in [0.15, 0.2) is 0 Å². The number of phenols is 1. The number of nitrogens with one attached hydrogen (secondary N) is 9. The first kappa shape index (κ1) is 75.8. The van der Waals surface area contributed by atoms with Gasteiger partial charge < -0.3 is 84.9 Å². The van der Waals surface area contributed by atoms with Crippen molar-refractivity contribution >= 4 is 87.6 Å². The van der Waals surface area contributed by atoms with Crippen LogP contribution in [0.2, 0.25) is 0 Å². The van der Waals surface area contributed by atoms with Crippen molar-refractivity contribution in [1.29, 1.82) is 0 Å². The number of unbranched alkanes of at least 4 members (excludes halogenated alkanes) is 2. The molecule has 5 aromatic carbocycles. The molecule has 5 aromatic rings. The molecule has 5 heterocycles. The fourth-order valence-corrected chi connectivity index (χ4v) is 14.3. The molecular formula is C75H93N15O14. The first-order chi connectivity index (χ1) is 50.2. The number of aromatic hydroxyl groups is 1. The minimum atomic E-state index is -1.78. The van der Waals surface area contributed by atoms with Crippen LogP contribution in [0.3, 0.4) is 0 Å². The normalized spacial score (nSPS) is 24.0. The van der Waals surface area contributed by atoms with E-state index in [9.17, 15) is 33.9 Å². The predicted molar refractivity (Wildman–Crippen MR) is 382 cm³/mol. The Labute approximate surface area is 602 Å². The Morgan fingerprint density at radius 1 is 0.490 bits per heavy atom. The van der Waals surface area contributed by atoms with Crippen LogP contribution < -0.4 is 65.1 Å². The second-order valence-corrected chi connectivity index (χ2v) is 27.2. The minimum absolute atomic E-state index is 0.00584. The molecule has 4 bridgehead atoms. The van der Waals surface area contributed by atoms with Crippen molar-refractivity contribution < 1.29 is 67.4 Å². The largest absolute Gasteiger partial charge is 0.508 e. The van der Waals surface area contributed by atoms with Gasteiger partial charge in [0.25, 0.3) is 17.7 Å². The van der Waals surface area contributed by atoms with Gasteiger partial charge in [0.2, 0.25) is 59.1 Å². The average molecular weight is 1430 g/mol. The number of carbonyl (C=O) groups is 13. The van der Waals surface area contributed by atoms with E-state index in [0.717, 1.165) is 22.9 Å². The number of fused-ring (bicyclic) bond motifs is 11. The van der Waals surface area contributed by atoms with Crippen molar-refractivity contribution in [3.63, 3.8) is 0 Å². The molecule has 10 rings (SSSR count). The van der Waals surface area contributed by atoms with E-state index in [1.807, 2.05) is 30.3 Å². The van der Waals surface area contributed by atoms with Gasteiger partial charge in [0, 0.05) is 68.7 Å². The highest BCUT2D eigenvalue weighted by Crippen LogP contribution is 2.27. The Bertz CT molecular complexity index is 4000. The van der Waals surface area contributed by atoms with Crippen LogP contribution in [0.4, 0.5) is 0 Å². The number of benzene rings is 5. The summed E-state index contributed by atoms with van der Waals surface area (Å²) in [5.74, 6) is -10.8. The Morgan fingerprint density at radius 3 is 1.65 bits per heavy atom. The van der Waals surface area contributed by atoms with E-state index in [2.05, 4.69) is 47.9 Å². The highest BCUT2D eigenvalue weighted by atomic mass is 16.3. The number of rotatable bonds is 17. The molecule has 552 valence electrons. The zero-order valence-electron chi connectivity index (χ0n) is 58.0. The SMILES string of the molecule is NCCCC[C@H](NC(=O)[C@@H]1CNC(=O)c2cc3cc(c2)C(=O)N[C@H](Cc2cccc4ccccc24)C(=O)N[C@H](Cc2ccccc2)C(=O)N2CCC[C@@H]2C(=O)N[C@@H](CCCNC3=O)C(=O)N2CCC[C@@H]2C(=O)N[C@H](CCCCN)C(=O)N2CCC[C@@H]2C(=O)N[C@@H](Cc2ccc(O)cc2)C(=O)N1)C(N)=O. The molecule has 13 amide bonds. The van der Waals surface area contributed by atoms with Crippen LogP contribution in [0.5, 0.6) is 5.75 Å². The summed E-state index contributed by atoms with van der Waals surface area (Å²) < 4.78 is 0. The van der Waals surface area contributed by atoms with Crippen LogP contribution in [-0.2, 0) is 67.2 Å². The van der Waals surface area contributed by atoms with E-state index in [4.69, 9.17) is 17.2 Å². The van der Waals surface area contributed by atoms with Gasteiger partial charge >= 0.3 is 0 Å². The van der Waals surface area contributed by atoms with Crippen molar-refractivity contribution in [3.8, 4) is 5.75 Å². The first-order valence-corrected chi connectivity index (χ1v) is 35.9. The quantitative estimate of drug-likeness (QED) is 0.0556. The van der Waals surface area contributed by atoms with Crippen LogP contribution >= 0.6 is 0 Å². The van der Waals surface area contributed by atoms with E-state index in [0.29, 0.717) is 61.6 Å². The number of nitrogens with two attached hydrogens (primary N) is 3. The summed E-state index contributed by atoms with van der Waals surface area (Å²) in [4.78, 5) is 198. The Kier molecular flexibility index (Phi) is 26.2. The van der Waals surface area contributed by atoms with Crippen molar-refractivity contribution in [2.75, 3.05) is 45.8 Å². The molecule has 0 aliphatic carbocycles. The number of nitrogens with zero attached hydrogens (tertiary/aromatic N) is 3. The summed E-state index contributed by atoms with van der Waals surface area (Å²) in [6.07, 6.45) is 2.58. The molecule has 104 heavy (non-hydrogen) atoms. The van der Waals surface area contributed by atoms with Gasteiger partial charge in [0.1, 0.15) is 66.2 Å². The molecule has 5 aliphatic rings. The lowest BCUT2D eigenvalue weighted by Gasteiger charge is -2.33. The molecule has 0 spiro atoms. The maximum Gasteiger partial charge on any atom is 0.251 e. The van der Waals surface area contributed by atoms with E-state index in [-0.39, 0.29) is 126 Å². The van der Waals surface area contributed by atoms with Gasteiger partial charge in [-0.1, -0.05) is 84.9 Å². The molecule has 16 N–H and O–H groups in total. The van der Waals surface area contributed by atoms with Crippen molar-refractivity contribution in [2.45, 2.75) is 170 Å². The molecule has 0 radical (unpaired) electrons. The maximum atomic E-state index is 15.4. The Morgan fingerprint density at radius 2 is 1.01 bits per heavy atom. The molecule has 5 aliphatic heterocycles. The van der Waals surface area contributed by atoms with Crippen molar-refractivity contribution in [3.05, 3.63) is 149 Å². The van der Waals surface area contributed by atoms with Gasteiger partial charge in [-0.3, -0.25) is 62.3 Å². The summed E-state index contributed by atoms with van der Waals surface area (Å²) >= 11 is 0. The number of hydrogen-bond acceptors (Lipinski definition) is 16. The molecule has 29 heteroatoms. The lowest BCUT2D eigenvalue weighted by molar-refractivity contribution is -0.145. The minimum Gasteiger partial charge on any atom is -0.508 e. The highest BCUT2D eigenvalue weighted by Gasteiger charge is 2.45. The number of primary amides is 1. The van der Waals surface area contributed by atoms with Crippen LogP contribution in [-0.4, -0.2) is 203 Å². The summed E-state index contributed by atoms with van der Waals surface area (Å²) in [6, 6.07) is 17.3. The average Bonchev–Trinajstić information content (AvgIpc) is 1.41. The van der Waals surface area contributed by atoms with Gasteiger partial charge in [-0.25, -0.2) is 0 Å². The summed E-state index contributed by atoms with van der Waals surface area (Å²) in [5.41, 5.74) is 18.2. The molecule has 3 saturated heterocycles. The lowest BCUT2D eigenvalue weighted by Crippen LogP contribution is -2.61. The lowest BCUT2D eigenvalue weighted by atomic mass is 9.97. The third-order valence-corrected chi connectivity index (χ3v) is 19.9. The molecule has 0 unspecified atom stereocenters. The smallest absolute Gasteiger partial charge is 0.251 e. The second-order valence-electron chi connectivity index (χ2n) is 27.2. The van der Waals surface area contributed by atoms with Gasteiger partial charge in [-0.15, -0.1) is 0 Å². The molecule has 3 fully saturated rings. The first-order valence-electron chi connectivity index (χ1n) is 35.9. The van der Waals surface area contributed by atoms with Crippen LogP contribution in [0.15, 0.2) is 115 Å².